The van der Waals surface area contributed by atoms with Gasteiger partial charge < -0.3 is 9.47 Å². The zero-order valence-corrected chi connectivity index (χ0v) is 34.3. The second-order valence-corrected chi connectivity index (χ2v) is 15.9. The summed E-state index contributed by atoms with van der Waals surface area (Å²) >= 11 is 0. The average Bonchev–Trinajstić information content (AvgIpc) is 3.61. The maximum absolute atomic E-state index is 5.09. The van der Waals surface area contributed by atoms with Crippen molar-refractivity contribution >= 4 is 38.9 Å². The third-order valence-electron chi connectivity index (χ3n) is 11.5. The maximum atomic E-state index is 5.09. The summed E-state index contributed by atoms with van der Waals surface area (Å²) < 4.78 is 2.39. The molecular formula is C56H44N4. The Morgan fingerprint density at radius 2 is 0.867 bits per heavy atom. The molecule has 288 valence electrons. The molecule has 4 heteroatoms. The summed E-state index contributed by atoms with van der Waals surface area (Å²) in [6.07, 6.45) is 0. The summed E-state index contributed by atoms with van der Waals surface area (Å²) in [7, 11) is 0. The molecule has 0 atom stereocenters. The molecule has 60 heavy (non-hydrogen) atoms. The van der Waals surface area contributed by atoms with Crippen molar-refractivity contribution in [3.8, 4) is 50.7 Å². The van der Waals surface area contributed by atoms with E-state index in [9.17, 15) is 0 Å². The Bertz CT molecular complexity index is 3050. The van der Waals surface area contributed by atoms with E-state index in [1.165, 1.54) is 44.1 Å². The second kappa shape index (κ2) is 15.3. The number of aryl methyl sites for hydroxylation is 4. The van der Waals surface area contributed by atoms with Crippen molar-refractivity contribution in [2.24, 2.45) is 0 Å². The van der Waals surface area contributed by atoms with E-state index in [1.54, 1.807) is 0 Å². The molecule has 10 aromatic rings. The second-order valence-electron chi connectivity index (χ2n) is 15.9. The number of benzene rings is 8. The van der Waals surface area contributed by atoms with Crippen LogP contribution in [0.2, 0.25) is 0 Å². The van der Waals surface area contributed by atoms with Crippen molar-refractivity contribution in [1.29, 1.82) is 0 Å². The van der Waals surface area contributed by atoms with Crippen molar-refractivity contribution in [3.05, 3.63) is 216 Å². The number of para-hydroxylation sites is 1. The highest BCUT2D eigenvalue weighted by molar-refractivity contribution is 6.10. The van der Waals surface area contributed by atoms with Crippen LogP contribution in [0.5, 0.6) is 0 Å². The molecule has 0 radical (unpaired) electrons. The van der Waals surface area contributed by atoms with Crippen LogP contribution >= 0.6 is 0 Å². The number of hydrogen-bond acceptors (Lipinski definition) is 3. The van der Waals surface area contributed by atoms with Gasteiger partial charge in [-0.15, -0.1) is 0 Å². The van der Waals surface area contributed by atoms with Gasteiger partial charge in [-0.3, -0.25) is 0 Å². The van der Waals surface area contributed by atoms with Gasteiger partial charge in [0.1, 0.15) is 0 Å². The van der Waals surface area contributed by atoms with Crippen molar-refractivity contribution in [2.75, 3.05) is 4.90 Å². The summed E-state index contributed by atoms with van der Waals surface area (Å²) in [5.41, 5.74) is 19.0. The fourth-order valence-electron chi connectivity index (χ4n) is 8.31. The van der Waals surface area contributed by atoms with E-state index in [-0.39, 0.29) is 0 Å². The first-order valence-corrected chi connectivity index (χ1v) is 20.6. The van der Waals surface area contributed by atoms with Crippen molar-refractivity contribution < 1.29 is 0 Å². The van der Waals surface area contributed by atoms with Crippen LogP contribution in [0.25, 0.3) is 72.5 Å². The highest BCUT2D eigenvalue weighted by Crippen LogP contribution is 2.40. The lowest BCUT2D eigenvalue weighted by atomic mass is 10.0. The molecule has 0 N–H and O–H groups in total. The number of nitrogens with zero attached hydrogens (tertiary/aromatic N) is 4. The zero-order valence-electron chi connectivity index (χ0n) is 34.3. The summed E-state index contributed by atoms with van der Waals surface area (Å²) in [6.45, 7) is 8.49. The van der Waals surface area contributed by atoms with Crippen molar-refractivity contribution in [2.45, 2.75) is 27.7 Å². The molecule has 0 spiro atoms. The monoisotopic (exact) mass is 772 g/mol. The van der Waals surface area contributed by atoms with Crippen LogP contribution in [0.4, 0.5) is 17.1 Å². The molecule has 8 aromatic carbocycles. The Morgan fingerprint density at radius 1 is 0.350 bits per heavy atom. The molecule has 0 saturated heterocycles. The van der Waals surface area contributed by atoms with Gasteiger partial charge in [0.25, 0.3) is 0 Å². The first-order chi connectivity index (χ1) is 29.3. The zero-order chi connectivity index (χ0) is 40.7. The predicted molar refractivity (Wildman–Crippen MR) is 252 cm³/mol. The number of anilines is 3. The molecule has 0 bridgehead atoms. The van der Waals surface area contributed by atoms with Gasteiger partial charge >= 0.3 is 0 Å². The van der Waals surface area contributed by atoms with E-state index in [2.05, 4.69) is 231 Å². The van der Waals surface area contributed by atoms with Gasteiger partial charge in [0, 0.05) is 50.2 Å². The lowest BCUT2D eigenvalue weighted by Gasteiger charge is -2.26. The quantitative estimate of drug-likeness (QED) is 0.154. The van der Waals surface area contributed by atoms with Gasteiger partial charge in [0.05, 0.1) is 22.4 Å². The Kier molecular flexibility index (Phi) is 9.38. The van der Waals surface area contributed by atoms with Gasteiger partial charge in [0.2, 0.25) is 0 Å². The topological polar surface area (TPSA) is 34.0 Å². The summed E-state index contributed by atoms with van der Waals surface area (Å²) in [5.74, 6) is 0.725. The Hall–Kier alpha value is -7.56. The number of fused-ring (bicyclic) bond motifs is 3. The molecule has 4 nitrogen and oxygen atoms in total. The van der Waals surface area contributed by atoms with Crippen LogP contribution in [0.15, 0.2) is 194 Å². The standard InChI is InChI=1S/C56H44N4/c1-37-15-25-46(26-16-37)59(47-27-17-38(2)18-28-47)49-31-32-55-51(35-49)50-13-5-6-14-54(50)60(55)48-29-23-42(24-30-48)41-19-21-43(22-20-41)52-36-53(44-11-7-9-39(3)33-44)58-56(57-52)45-12-8-10-40(4)34-45/h5-36H,1-4H3. The largest absolute Gasteiger partial charge is 0.310 e. The fraction of sp³-hybridized carbons (Fsp3) is 0.0714. The Labute approximate surface area is 351 Å². The van der Waals surface area contributed by atoms with Gasteiger partial charge in [-0.1, -0.05) is 138 Å². The van der Waals surface area contributed by atoms with Gasteiger partial charge in [-0.25, -0.2) is 9.97 Å². The molecular weight excluding hydrogens is 729 g/mol. The van der Waals surface area contributed by atoms with Crippen LogP contribution in [0.1, 0.15) is 22.3 Å². The Balaban J connectivity index is 0.993. The van der Waals surface area contributed by atoms with Crippen LogP contribution in [0.3, 0.4) is 0 Å². The highest BCUT2D eigenvalue weighted by atomic mass is 15.1. The van der Waals surface area contributed by atoms with E-state index in [1.807, 2.05) is 0 Å². The molecule has 0 aliphatic carbocycles. The first-order valence-electron chi connectivity index (χ1n) is 20.6. The minimum atomic E-state index is 0.725. The van der Waals surface area contributed by atoms with Crippen LogP contribution in [-0.2, 0) is 0 Å². The fourth-order valence-corrected chi connectivity index (χ4v) is 8.31. The number of rotatable bonds is 8. The highest BCUT2D eigenvalue weighted by Gasteiger charge is 2.18. The molecule has 10 rings (SSSR count). The van der Waals surface area contributed by atoms with E-state index in [0.717, 1.165) is 67.8 Å². The first kappa shape index (κ1) is 36.8. The SMILES string of the molecule is Cc1ccc(N(c2ccc(C)cc2)c2ccc3c(c2)c2ccccc2n3-c2ccc(-c3ccc(-c4cc(-c5cccc(C)c5)nc(-c5cccc(C)c5)n4)cc3)cc2)cc1. The average molecular weight is 773 g/mol. The van der Waals surface area contributed by atoms with Crippen LogP contribution in [-0.4, -0.2) is 14.5 Å². The van der Waals surface area contributed by atoms with Crippen molar-refractivity contribution in [1.82, 2.24) is 14.5 Å². The van der Waals surface area contributed by atoms with E-state index >= 15 is 0 Å². The smallest absolute Gasteiger partial charge is 0.160 e. The minimum absolute atomic E-state index is 0.725. The third-order valence-corrected chi connectivity index (χ3v) is 11.5. The molecule has 2 heterocycles. The molecule has 0 saturated carbocycles. The molecule has 0 fully saturated rings. The molecule has 2 aromatic heterocycles. The third kappa shape index (κ3) is 7.03. The van der Waals surface area contributed by atoms with Gasteiger partial charge in [0.15, 0.2) is 5.82 Å². The number of hydrogen-bond donors (Lipinski definition) is 0. The summed E-state index contributed by atoms with van der Waals surface area (Å²) in [5, 5.41) is 2.44. The maximum Gasteiger partial charge on any atom is 0.160 e. The van der Waals surface area contributed by atoms with Crippen LogP contribution in [0, 0.1) is 27.7 Å². The number of aromatic nitrogens is 3. The summed E-state index contributed by atoms with van der Waals surface area (Å²) in [6, 6.07) is 69.8. The normalized spacial score (nSPS) is 11.3. The molecule has 0 aliphatic rings. The molecule has 0 amide bonds. The molecule has 0 aliphatic heterocycles. The van der Waals surface area contributed by atoms with Crippen LogP contribution < -0.4 is 4.90 Å². The predicted octanol–water partition coefficient (Wildman–Crippen LogP) is 14.9. The van der Waals surface area contributed by atoms with E-state index < -0.39 is 0 Å². The summed E-state index contributed by atoms with van der Waals surface area (Å²) in [4.78, 5) is 12.5. The van der Waals surface area contributed by atoms with E-state index in [0.29, 0.717) is 0 Å². The van der Waals surface area contributed by atoms with E-state index in [4.69, 9.17) is 9.97 Å². The lowest BCUT2D eigenvalue weighted by Crippen LogP contribution is -2.09. The molecule has 0 unspecified atom stereocenters. The lowest BCUT2D eigenvalue weighted by molar-refractivity contribution is 1.18. The van der Waals surface area contributed by atoms with Crippen molar-refractivity contribution in [3.63, 3.8) is 0 Å². The Morgan fingerprint density at radius 3 is 1.50 bits per heavy atom. The van der Waals surface area contributed by atoms with Gasteiger partial charge in [-0.05, 0) is 118 Å². The van der Waals surface area contributed by atoms with Gasteiger partial charge in [-0.2, -0.15) is 0 Å². The minimum Gasteiger partial charge on any atom is -0.310 e.